The predicted molar refractivity (Wildman–Crippen MR) is 73.3 cm³/mol. The van der Waals surface area contributed by atoms with Crippen LogP contribution in [0.25, 0.3) is 0 Å². The van der Waals surface area contributed by atoms with Crippen LogP contribution in [0.2, 0.25) is 0 Å². The van der Waals surface area contributed by atoms with Gasteiger partial charge in [0.25, 0.3) is 10.0 Å². The van der Waals surface area contributed by atoms with Crippen molar-refractivity contribution in [3.8, 4) is 0 Å². The molecule has 0 saturated heterocycles. The van der Waals surface area contributed by atoms with Gasteiger partial charge in [-0.2, -0.15) is 5.10 Å². The minimum Gasteiger partial charge on any atom is -0.447 e. The zero-order valence-electron chi connectivity index (χ0n) is 11.5. The van der Waals surface area contributed by atoms with Crippen molar-refractivity contribution in [2.24, 2.45) is 7.05 Å². The van der Waals surface area contributed by atoms with Crippen molar-refractivity contribution in [3.05, 3.63) is 35.9 Å². The number of nitrogens with one attached hydrogen (secondary N) is 2. The Balaban J connectivity index is 2.00. The minimum atomic E-state index is -3.63. The minimum absolute atomic E-state index is 0.0747. The molecule has 0 aliphatic rings. The topological polar surface area (TPSA) is 89.2 Å². The Kier molecular flexibility index (Phi) is 4.58. The van der Waals surface area contributed by atoms with Crippen LogP contribution in [0.3, 0.4) is 0 Å². The van der Waals surface area contributed by atoms with E-state index in [9.17, 15) is 8.42 Å². The molecule has 20 heavy (non-hydrogen) atoms. The maximum absolute atomic E-state index is 12.0. The third-order valence-corrected chi connectivity index (χ3v) is 3.95. The van der Waals surface area contributed by atoms with Gasteiger partial charge in [-0.25, -0.2) is 13.1 Å². The lowest BCUT2D eigenvalue weighted by Crippen LogP contribution is -2.22. The van der Waals surface area contributed by atoms with Crippen LogP contribution >= 0.6 is 0 Å². The molecule has 0 aromatic carbocycles. The van der Waals surface area contributed by atoms with Crippen LogP contribution in [0.5, 0.6) is 0 Å². The Labute approximate surface area is 118 Å². The van der Waals surface area contributed by atoms with Gasteiger partial charge < -0.3 is 9.73 Å². The average molecular weight is 298 g/mol. The van der Waals surface area contributed by atoms with Crippen LogP contribution in [0, 0.1) is 0 Å². The molecule has 0 aliphatic carbocycles. The van der Waals surface area contributed by atoms with Crippen LogP contribution in [0.4, 0.5) is 0 Å². The molecule has 0 unspecified atom stereocenters. The van der Waals surface area contributed by atoms with E-state index in [2.05, 4.69) is 15.1 Å². The fourth-order valence-electron chi connectivity index (χ4n) is 1.66. The second-order valence-corrected chi connectivity index (χ2v) is 6.05. The normalized spacial score (nSPS) is 11.9. The van der Waals surface area contributed by atoms with E-state index in [0.29, 0.717) is 12.3 Å². The quantitative estimate of drug-likeness (QED) is 0.781. The number of sulfonamides is 1. The molecule has 2 heterocycles. The highest BCUT2D eigenvalue weighted by molar-refractivity contribution is 7.89. The van der Waals surface area contributed by atoms with Crippen molar-refractivity contribution >= 4 is 10.0 Å². The fraction of sp³-hybridized carbons (Fsp3) is 0.417. The van der Waals surface area contributed by atoms with Crippen LogP contribution in [-0.4, -0.2) is 24.7 Å². The fourth-order valence-corrected chi connectivity index (χ4v) is 2.62. The molecule has 0 bridgehead atoms. The summed E-state index contributed by atoms with van der Waals surface area (Å²) >= 11 is 0. The molecule has 2 aromatic heterocycles. The van der Waals surface area contributed by atoms with Gasteiger partial charge in [0.2, 0.25) is 5.09 Å². The van der Waals surface area contributed by atoms with E-state index in [4.69, 9.17) is 4.42 Å². The number of rotatable bonds is 7. The number of hydrogen-bond donors (Lipinski definition) is 2. The molecule has 8 heteroatoms. The first kappa shape index (κ1) is 14.8. The van der Waals surface area contributed by atoms with Crippen LogP contribution < -0.4 is 10.0 Å². The van der Waals surface area contributed by atoms with Crippen molar-refractivity contribution in [2.45, 2.75) is 25.1 Å². The van der Waals surface area contributed by atoms with Gasteiger partial charge in [-0.15, -0.1) is 0 Å². The number of nitrogens with zero attached hydrogens (tertiary/aromatic N) is 2. The molecule has 2 N–H and O–H groups in total. The second-order valence-electron chi connectivity index (χ2n) is 4.35. The molecule has 0 spiro atoms. The third-order valence-electron chi connectivity index (χ3n) is 2.68. The Morgan fingerprint density at radius 3 is 2.80 bits per heavy atom. The second kappa shape index (κ2) is 6.21. The summed E-state index contributed by atoms with van der Waals surface area (Å²) < 4.78 is 33.5. The molecule has 0 radical (unpaired) electrons. The van der Waals surface area contributed by atoms with E-state index >= 15 is 0 Å². The number of furan rings is 1. The van der Waals surface area contributed by atoms with E-state index in [1.54, 1.807) is 30.2 Å². The summed E-state index contributed by atoms with van der Waals surface area (Å²) in [5.41, 5.74) is 0.788. The van der Waals surface area contributed by atoms with Crippen molar-refractivity contribution in [1.29, 1.82) is 0 Å². The van der Waals surface area contributed by atoms with Gasteiger partial charge in [0, 0.05) is 25.4 Å². The Bertz CT molecular complexity index is 660. The van der Waals surface area contributed by atoms with Gasteiger partial charge in [-0.3, -0.25) is 4.68 Å². The Morgan fingerprint density at radius 2 is 2.15 bits per heavy atom. The van der Waals surface area contributed by atoms with Crippen molar-refractivity contribution in [2.75, 3.05) is 6.54 Å². The molecule has 0 fully saturated rings. The molecule has 7 nitrogen and oxygen atoms in total. The first-order chi connectivity index (χ1) is 9.51. The molecular weight excluding hydrogens is 280 g/mol. The smallest absolute Gasteiger partial charge is 0.274 e. The molecule has 0 saturated carbocycles. The molecular formula is C12H18N4O3S. The summed E-state index contributed by atoms with van der Waals surface area (Å²) in [6.45, 7) is 3.45. The highest BCUT2D eigenvalue weighted by Gasteiger charge is 2.18. The predicted octanol–water partition coefficient (Wildman–Crippen LogP) is 0.601. The van der Waals surface area contributed by atoms with Crippen LogP contribution in [0.15, 0.2) is 34.0 Å². The molecule has 2 aromatic rings. The van der Waals surface area contributed by atoms with E-state index in [-0.39, 0.29) is 11.6 Å². The molecule has 0 aliphatic heterocycles. The monoisotopic (exact) mass is 298 g/mol. The first-order valence-corrected chi connectivity index (χ1v) is 7.76. The maximum atomic E-state index is 12.0. The summed E-state index contributed by atoms with van der Waals surface area (Å²) in [4.78, 5) is 0. The van der Waals surface area contributed by atoms with Crippen molar-refractivity contribution < 1.29 is 12.8 Å². The van der Waals surface area contributed by atoms with Gasteiger partial charge in [0.05, 0.1) is 12.7 Å². The largest absolute Gasteiger partial charge is 0.447 e. The third kappa shape index (κ3) is 3.69. The zero-order valence-corrected chi connectivity index (χ0v) is 12.3. The van der Waals surface area contributed by atoms with Gasteiger partial charge in [0.1, 0.15) is 5.76 Å². The summed E-state index contributed by atoms with van der Waals surface area (Å²) in [5.74, 6) is 0.591. The highest BCUT2D eigenvalue weighted by atomic mass is 32.2. The summed E-state index contributed by atoms with van der Waals surface area (Å²) in [6.07, 6.45) is 3.36. The molecule has 0 atom stereocenters. The van der Waals surface area contributed by atoms with Crippen molar-refractivity contribution in [1.82, 2.24) is 19.8 Å². The van der Waals surface area contributed by atoms with Gasteiger partial charge in [0.15, 0.2) is 0 Å². The lowest BCUT2D eigenvalue weighted by molar-refractivity contribution is 0.401. The Morgan fingerprint density at radius 1 is 1.35 bits per heavy atom. The standard InChI is InChI=1S/C12H18N4O3S/c1-3-13-8-11-4-5-12(19-11)20(17,18)15-7-10-6-14-16(2)9-10/h4-6,9,13,15H,3,7-8H2,1-2H3. The SMILES string of the molecule is CCNCc1ccc(S(=O)(=O)NCc2cnn(C)c2)o1. The van der Waals surface area contributed by atoms with Crippen LogP contribution in [0.1, 0.15) is 18.2 Å². The van der Waals surface area contributed by atoms with Gasteiger partial charge in [-0.05, 0) is 18.7 Å². The number of hydrogen-bond acceptors (Lipinski definition) is 5. The van der Waals surface area contributed by atoms with E-state index in [0.717, 1.165) is 12.1 Å². The lowest BCUT2D eigenvalue weighted by Gasteiger charge is -2.02. The first-order valence-electron chi connectivity index (χ1n) is 6.28. The van der Waals surface area contributed by atoms with Gasteiger partial charge in [-0.1, -0.05) is 6.92 Å². The summed E-state index contributed by atoms with van der Waals surface area (Å²) in [5, 5.41) is 6.97. The summed E-state index contributed by atoms with van der Waals surface area (Å²) in [6, 6.07) is 3.11. The number of aromatic nitrogens is 2. The van der Waals surface area contributed by atoms with Crippen molar-refractivity contribution in [3.63, 3.8) is 0 Å². The average Bonchev–Trinajstić information content (AvgIpc) is 3.03. The molecule has 110 valence electrons. The van der Waals surface area contributed by atoms with E-state index in [1.165, 1.54) is 6.07 Å². The zero-order chi connectivity index (χ0) is 14.6. The van der Waals surface area contributed by atoms with Gasteiger partial charge >= 0.3 is 0 Å². The lowest BCUT2D eigenvalue weighted by atomic mass is 10.4. The van der Waals surface area contributed by atoms with E-state index in [1.807, 2.05) is 6.92 Å². The van der Waals surface area contributed by atoms with Crippen LogP contribution in [-0.2, 0) is 30.2 Å². The number of aryl methyl sites for hydroxylation is 1. The van der Waals surface area contributed by atoms with E-state index < -0.39 is 10.0 Å². The molecule has 2 rings (SSSR count). The summed E-state index contributed by atoms with van der Waals surface area (Å²) in [7, 11) is -1.86. The highest BCUT2D eigenvalue weighted by Crippen LogP contribution is 2.14. The molecule has 0 amide bonds. The maximum Gasteiger partial charge on any atom is 0.274 e. The Hall–Kier alpha value is -1.64.